The van der Waals surface area contributed by atoms with Crippen LogP contribution in [0.15, 0.2) is 0 Å². The van der Waals surface area contributed by atoms with Gasteiger partial charge in [0.05, 0.1) is 5.75 Å². The number of hydrogen-bond acceptors (Lipinski definition) is 3. The van der Waals surface area contributed by atoms with Crippen LogP contribution in [0.3, 0.4) is 0 Å². The molecule has 0 aliphatic heterocycles. The van der Waals surface area contributed by atoms with Crippen molar-refractivity contribution < 1.29 is 4.79 Å². The molecular weight excluding hydrogens is 208 g/mol. The molecule has 1 amide bonds. The molecule has 15 heavy (non-hydrogen) atoms. The molecule has 2 N–H and O–H groups in total. The first-order chi connectivity index (χ1) is 6.97. The molecule has 3 nitrogen and oxygen atoms in total. The fraction of sp³-hybridized carbons (Fsp3) is 0.909. The van der Waals surface area contributed by atoms with Gasteiger partial charge in [0.2, 0.25) is 5.91 Å². The molecule has 1 aliphatic carbocycles. The highest BCUT2D eigenvalue weighted by atomic mass is 32.2. The van der Waals surface area contributed by atoms with Crippen molar-refractivity contribution in [2.24, 2.45) is 0 Å². The van der Waals surface area contributed by atoms with Crippen LogP contribution in [-0.4, -0.2) is 35.5 Å². The average Bonchev–Trinajstić information content (AvgIpc) is 2.91. The smallest absolute Gasteiger partial charge is 0.230 e. The molecule has 88 valence electrons. The van der Waals surface area contributed by atoms with Gasteiger partial charge in [-0.15, -0.1) is 11.8 Å². The quantitative estimate of drug-likeness (QED) is 0.678. The summed E-state index contributed by atoms with van der Waals surface area (Å²) in [7, 11) is 0. The maximum atomic E-state index is 11.4. The van der Waals surface area contributed by atoms with Crippen molar-refractivity contribution in [2.75, 3.05) is 18.8 Å². The van der Waals surface area contributed by atoms with Crippen LogP contribution >= 0.6 is 11.8 Å². The SMILES string of the molecule is CC(C)(C)SCC(=O)NCCNC1CC1. The topological polar surface area (TPSA) is 41.1 Å². The largest absolute Gasteiger partial charge is 0.354 e. The van der Waals surface area contributed by atoms with Crippen LogP contribution in [0, 0.1) is 0 Å². The van der Waals surface area contributed by atoms with E-state index in [4.69, 9.17) is 0 Å². The lowest BCUT2D eigenvalue weighted by atomic mass is 10.3. The average molecular weight is 230 g/mol. The molecule has 0 radical (unpaired) electrons. The minimum atomic E-state index is 0.146. The second-order valence-corrected chi connectivity index (χ2v) is 6.78. The van der Waals surface area contributed by atoms with Crippen LogP contribution < -0.4 is 10.6 Å². The number of carbonyl (C=O) groups excluding carboxylic acids is 1. The fourth-order valence-corrected chi connectivity index (χ4v) is 1.76. The molecule has 0 aromatic heterocycles. The second-order valence-electron chi connectivity index (χ2n) is 4.98. The van der Waals surface area contributed by atoms with Crippen molar-refractivity contribution in [1.82, 2.24) is 10.6 Å². The Morgan fingerprint density at radius 3 is 2.53 bits per heavy atom. The summed E-state index contributed by atoms with van der Waals surface area (Å²) >= 11 is 1.69. The van der Waals surface area contributed by atoms with E-state index in [1.807, 2.05) is 0 Å². The highest BCUT2D eigenvalue weighted by Gasteiger charge is 2.19. The molecule has 4 heteroatoms. The first-order valence-electron chi connectivity index (χ1n) is 5.61. The number of rotatable bonds is 6. The Labute approximate surface area is 96.8 Å². The maximum absolute atomic E-state index is 11.4. The highest BCUT2D eigenvalue weighted by Crippen LogP contribution is 2.22. The van der Waals surface area contributed by atoms with E-state index in [-0.39, 0.29) is 10.7 Å². The van der Waals surface area contributed by atoms with Gasteiger partial charge in [0.15, 0.2) is 0 Å². The van der Waals surface area contributed by atoms with Gasteiger partial charge in [-0.3, -0.25) is 4.79 Å². The summed E-state index contributed by atoms with van der Waals surface area (Å²) in [5.74, 6) is 0.708. The molecule has 0 atom stereocenters. The van der Waals surface area contributed by atoms with Gasteiger partial charge in [-0.2, -0.15) is 0 Å². The summed E-state index contributed by atoms with van der Waals surface area (Å²) in [5, 5.41) is 6.28. The van der Waals surface area contributed by atoms with Crippen LogP contribution in [0.4, 0.5) is 0 Å². The number of carbonyl (C=O) groups is 1. The Bertz CT molecular complexity index is 209. The minimum Gasteiger partial charge on any atom is -0.354 e. The summed E-state index contributed by atoms with van der Waals surface area (Å²) in [4.78, 5) is 11.4. The molecule has 1 rings (SSSR count). The molecule has 0 saturated heterocycles. The van der Waals surface area contributed by atoms with Crippen molar-refractivity contribution in [3.05, 3.63) is 0 Å². The number of thioether (sulfide) groups is 1. The van der Waals surface area contributed by atoms with Gasteiger partial charge in [0.1, 0.15) is 0 Å². The Balaban J connectivity index is 1.93. The highest BCUT2D eigenvalue weighted by molar-refractivity contribution is 8.01. The third kappa shape index (κ3) is 7.68. The van der Waals surface area contributed by atoms with Gasteiger partial charge < -0.3 is 10.6 Å². The normalized spacial score (nSPS) is 16.5. The molecular formula is C11H22N2OS. The molecule has 0 aromatic rings. The molecule has 1 aliphatic rings. The number of amides is 1. The zero-order chi connectivity index (χ0) is 11.3. The number of nitrogens with one attached hydrogen (secondary N) is 2. The molecule has 0 bridgehead atoms. The van der Waals surface area contributed by atoms with Crippen LogP contribution in [0.2, 0.25) is 0 Å². The van der Waals surface area contributed by atoms with Crippen LogP contribution in [0.5, 0.6) is 0 Å². The zero-order valence-electron chi connectivity index (χ0n) is 9.93. The van der Waals surface area contributed by atoms with Gasteiger partial charge in [-0.1, -0.05) is 20.8 Å². The van der Waals surface area contributed by atoms with Crippen molar-refractivity contribution in [3.8, 4) is 0 Å². The Morgan fingerprint density at radius 2 is 2.00 bits per heavy atom. The van der Waals surface area contributed by atoms with Gasteiger partial charge in [-0.25, -0.2) is 0 Å². The van der Waals surface area contributed by atoms with Gasteiger partial charge >= 0.3 is 0 Å². The van der Waals surface area contributed by atoms with Gasteiger partial charge in [0, 0.05) is 23.9 Å². The Kier molecular flexibility index (Phi) is 4.93. The Hall–Kier alpha value is -0.220. The van der Waals surface area contributed by atoms with E-state index in [1.54, 1.807) is 11.8 Å². The van der Waals surface area contributed by atoms with Crippen molar-refractivity contribution in [2.45, 2.75) is 44.4 Å². The minimum absolute atomic E-state index is 0.146. The predicted molar refractivity (Wildman–Crippen MR) is 66.2 cm³/mol. The summed E-state index contributed by atoms with van der Waals surface area (Å²) in [5.41, 5.74) is 0. The fourth-order valence-electron chi connectivity index (χ4n) is 1.10. The lowest BCUT2D eigenvalue weighted by molar-refractivity contribution is -0.118. The summed E-state index contributed by atoms with van der Waals surface area (Å²) in [6.07, 6.45) is 2.60. The molecule has 0 unspecified atom stereocenters. The lowest BCUT2D eigenvalue weighted by Gasteiger charge is -2.16. The predicted octanol–water partition coefficient (Wildman–Crippen LogP) is 1.39. The van der Waals surface area contributed by atoms with Crippen LogP contribution in [-0.2, 0) is 4.79 Å². The summed E-state index contributed by atoms with van der Waals surface area (Å²) in [6, 6.07) is 0.728. The van der Waals surface area contributed by atoms with Crippen molar-refractivity contribution in [3.63, 3.8) is 0 Å². The summed E-state index contributed by atoms with van der Waals surface area (Å²) < 4.78 is 0.170. The Morgan fingerprint density at radius 1 is 1.33 bits per heavy atom. The molecule has 0 spiro atoms. The van der Waals surface area contributed by atoms with Gasteiger partial charge in [0.25, 0.3) is 0 Å². The van der Waals surface area contributed by atoms with E-state index in [1.165, 1.54) is 12.8 Å². The zero-order valence-corrected chi connectivity index (χ0v) is 10.7. The van der Waals surface area contributed by atoms with E-state index in [0.717, 1.165) is 19.1 Å². The molecule has 1 saturated carbocycles. The molecule has 0 aromatic carbocycles. The van der Waals surface area contributed by atoms with Crippen LogP contribution in [0.25, 0.3) is 0 Å². The van der Waals surface area contributed by atoms with Gasteiger partial charge in [-0.05, 0) is 12.8 Å². The maximum Gasteiger partial charge on any atom is 0.230 e. The number of hydrogen-bond donors (Lipinski definition) is 2. The van der Waals surface area contributed by atoms with Crippen molar-refractivity contribution in [1.29, 1.82) is 0 Å². The lowest BCUT2D eigenvalue weighted by Crippen LogP contribution is -2.34. The summed E-state index contributed by atoms with van der Waals surface area (Å²) in [6.45, 7) is 8.02. The van der Waals surface area contributed by atoms with E-state index in [2.05, 4.69) is 31.4 Å². The third-order valence-electron chi connectivity index (χ3n) is 2.09. The van der Waals surface area contributed by atoms with E-state index < -0.39 is 0 Å². The van der Waals surface area contributed by atoms with E-state index in [9.17, 15) is 4.79 Å². The standard InChI is InChI=1S/C11H22N2OS/c1-11(2,3)15-8-10(14)13-7-6-12-9-4-5-9/h9,12H,4-8H2,1-3H3,(H,13,14). The van der Waals surface area contributed by atoms with E-state index in [0.29, 0.717) is 5.75 Å². The molecule has 0 heterocycles. The first-order valence-corrected chi connectivity index (χ1v) is 6.60. The molecule has 1 fully saturated rings. The third-order valence-corrected chi connectivity index (χ3v) is 3.37. The van der Waals surface area contributed by atoms with Crippen LogP contribution in [0.1, 0.15) is 33.6 Å². The second kappa shape index (κ2) is 5.75. The van der Waals surface area contributed by atoms with E-state index >= 15 is 0 Å². The monoisotopic (exact) mass is 230 g/mol. The first kappa shape index (κ1) is 12.8. The van der Waals surface area contributed by atoms with Crippen molar-refractivity contribution >= 4 is 17.7 Å².